The summed E-state index contributed by atoms with van der Waals surface area (Å²) in [5, 5.41) is 8.77. The number of hydrogen-bond donors (Lipinski definition) is 2. The molecule has 0 fully saturated rings. The Bertz CT molecular complexity index is 1870. The van der Waals surface area contributed by atoms with E-state index in [1.807, 2.05) is 42.9 Å². The maximum atomic E-state index is 4.48. The number of H-pyrrole nitrogens is 2. The molecule has 0 saturated heterocycles. The number of benzene rings is 4. The summed E-state index contributed by atoms with van der Waals surface area (Å²) in [5.41, 5.74) is 3.47. The number of nitrogens with one attached hydrogen (secondary N) is 2. The first-order valence-corrected chi connectivity index (χ1v) is 11.9. The Balaban J connectivity index is 0.000000112. The van der Waals surface area contributed by atoms with E-state index in [9.17, 15) is 0 Å². The topological polar surface area (TPSA) is 57.4 Å². The van der Waals surface area contributed by atoms with Gasteiger partial charge in [0.15, 0.2) is 0 Å². The van der Waals surface area contributed by atoms with E-state index >= 15 is 0 Å². The summed E-state index contributed by atoms with van der Waals surface area (Å²) >= 11 is 0. The first kappa shape index (κ1) is 21.6. The number of aromatic nitrogens is 4. The number of fused-ring (bicyclic) bond motifs is 8. The maximum Gasteiger partial charge on any atom is 0.0787 e. The van der Waals surface area contributed by atoms with E-state index < -0.39 is 0 Å². The molecule has 2 N–H and O–H groups in total. The second kappa shape index (κ2) is 9.72. The minimum absolute atomic E-state index is 1.09. The van der Waals surface area contributed by atoms with E-state index in [0.29, 0.717) is 0 Å². The predicted octanol–water partition coefficient (Wildman–Crippen LogP) is 8.27. The quantitative estimate of drug-likeness (QED) is 0.222. The van der Waals surface area contributed by atoms with Crippen LogP contribution in [-0.2, 0) is 0 Å². The van der Waals surface area contributed by atoms with Crippen LogP contribution in [0.15, 0.2) is 134 Å². The third kappa shape index (κ3) is 4.17. The van der Waals surface area contributed by atoms with Crippen LogP contribution in [0.2, 0.25) is 0 Å². The van der Waals surface area contributed by atoms with E-state index in [4.69, 9.17) is 0 Å². The molecule has 0 saturated carbocycles. The van der Waals surface area contributed by atoms with E-state index in [-0.39, 0.29) is 0 Å². The lowest BCUT2D eigenvalue weighted by Gasteiger charge is -2.04. The summed E-state index contributed by atoms with van der Waals surface area (Å²) in [6.45, 7) is 0. The zero-order chi connectivity index (χ0) is 24.2. The zero-order valence-electron chi connectivity index (χ0n) is 19.6. The molecule has 0 amide bonds. The van der Waals surface area contributed by atoms with Crippen molar-refractivity contribution in [3.63, 3.8) is 0 Å². The summed E-state index contributed by atoms with van der Waals surface area (Å²) in [6.07, 6.45) is 9.30. The average molecular weight is 465 g/mol. The monoisotopic (exact) mass is 464 g/mol. The molecule has 4 aromatic carbocycles. The number of pyridine rings is 2. The number of aromatic amines is 2. The Morgan fingerprint density at radius 2 is 1.25 bits per heavy atom. The lowest BCUT2D eigenvalue weighted by molar-refractivity contribution is 1.33. The van der Waals surface area contributed by atoms with Crippen LogP contribution < -0.4 is 0 Å². The van der Waals surface area contributed by atoms with Crippen molar-refractivity contribution >= 4 is 54.3 Å². The van der Waals surface area contributed by atoms with E-state index in [0.717, 1.165) is 11.0 Å². The van der Waals surface area contributed by atoms with Gasteiger partial charge >= 0.3 is 0 Å². The van der Waals surface area contributed by atoms with Crippen molar-refractivity contribution in [1.29, 1.82) is 0 Å². The molecule has 4 aromatic heterocycles. The van der Waals surface area contributed by atoms with Gasteiger partial charge in [0, 0.05) is 63.4 Å². The van der Waals surface area contributed by atoms with Gasteiger partial charge in [-0.25, -0.2) is 0 Å². The van der Waals surface area contributed by atoms with Gasteiger partial charge in [0.25, 0.3) is 0 Å². The van der Waals surface area contributed by atoms with Gasteiger partial charge in [0.2, 0.25) is 0 Å². The fourth-order valence-corrected chi connectivity index (χ4v) is 4.61. The molecular formula is C32H24N4. The van der Waals surface area contributed by atoms with Crippen LogP contribution in [0.1, 0.15) is 0 Å². The Morgan fingerprint density at radius 1 is 0.472 bits per heavy atom. The van der Waals surface area contributed by atoms with Crippen LogP contribution in [-0.4, -0.2) is 19.9 Å². The molecule has 8 rings (SSSR count). The molecule has 0 atom stereocenters. The highest BCUT2D eigenvalue weighted by Crippen LogP contribution is 2.30. The van der Waals surface area contributed by atoms with Crippen LogP contribution in [0.5, 0.6) is 0 Å². The van der Waals surface area contributed by atoms with Crippen molar-refractivity contribution in [2.24, 2.45) is 0 Å². The van der Waals surface area contributed by atoms with Crippen LogP contribution in [0.25, 0.3) is 54.3 Å². The predicted molar refractivity (Wildman–Crippen MR) is 151 cm³/mol. The molecule has 4 heterocycles. The molecule has 36 heavy (non-hydrogen) atoms. The Hall–Kier alpha value is -4.96. The Kier molecular flexibility index (Phi) is 5.83. The average Bonchev–Trinajstić information content (AvgIpc) is 3.64. The smallest absolute Gasteiger partial charge is 0.0787 e. The molecule has 0 bridgehead atoms. The Morgan fingerprint density at radius 3 is 2.11 bits per heavy atom. The molecule has 0 aliphatic heterocycles. The summed E-state index contributed by atoms with van der Waals surface area (Å²) in [5.74, 6) is 0. The second-order valence-corrected chi connectivity index (χ2v) is 8.50. The number of rotatable bonds is 0. The van der Waals surface area contributed by atoms with Crippen LogP contribution in [0.3, 0.4) is 0 Å². The first-order valence-electron chi connectivity index (χ1n) is 11.9. The summed E-state index contributed by atoms with van der Waals surface area (Å²) < 4.78 is 0. The third-order valence-electron chi connectivity index (χ3n) is 6.30. The van der Waals surface area contributed by atoms with Crippen LogP contribution in [0, 0.1) is 0 Å². The van der Waals surface area contributed by atoms with Crippen molar-refractivity contribution in [1.82, 2.24) is 19.9 Å². The highest BCUT2D eigenvalue weighted by molar-refractivity contribution is 6.18. The largest absolute Gasteiger partial charge is 0.361 e. The van der Waals surface area contributed by atoms with Gasteiger partial charge in [-0.15, -0.1) is 0 Å². The zero-order valence-corrected chi connectivity index (χ0v) is 19.6. The van der Waals surface area contributed by atoms with Crippen molar-refractivity contribution < 1.29 is 0 Å². The second-order valence-electron chi connectivity index (χ2n) is 8.50. The minimum atomic E-state index is 1.09. The van der Waals surface area contributed by atoms with Gasteiger partial charge in [0.05, 0.1) is 11.0 Å². The molecule has 172 valence electrons. The SMILES string of the molecule is c1c[nH]c2ccc3ccc4ccnc4c3c2c1.c1ccc2c(c1)ccc1cc[nH]c12.c1ccncc1. The fourth-order valence-electron chi connectivity index (χ4n) is 4.61. The summed E-state index contributed by atoms with van der Waals surface area (Å²) in [4.78, 5) is 14.8. The maximum absolute atomic E-state index is 4.48. The fraction of sp³-hybridized carbons (Fsp3) is 0. The highest BCUT2D eigenvalue weighted by Gasteiger charge is 2.06. The van der Waals surface area contributed by atoms with Crippen molar-refractivity contribution in [3.8, 4) is 0 Å². The number of hydrogen-bond acceptors (Lipinski definition) is 2. The molecule has 0 radical (unpaired) electrons. The van der Waals surface area contributed by atoms with Crippen LogP contribution in [0.4, 0.5) is 0 Å². The molecule has 0 unspecified atom stereocenters. The van der Waals surface area contributed by atoms with Gasteiger partial charge in [-0.05, 0) is 47.2 Å². The van der Waals surface area contributed by atoms with Crippen LogP contribution >= 0.6 is 0 Å². The van der Waals surface area contributed by atoms with E-state index in [1.165, 1.54) is 43.2 Å². The molecule has 4 heteroatoms. The molecule has 4 nitrogen and oxygen atoms in total. The lowest BCUT2D eigenvalue weighted by atomic mass is 10.0. The first-order chi connectivity index (χ1) is 17.9. The summed E-state index contributed by atoms with van der Waals surface area (Å²) in [6, 6.07) is 35.3. The molecule has 0 aliphatic carbocycles. The third-order valence-corrected chi connectivity index (χ3v) is 6.30. The highest BCUT2D eigenvalue weighted by atomic mass is 14.7. The molecular weight excluding hydrogens is 440 g/mol. The molecule has 0 aliphatic rings. The standard InChI is InChI=1S/C15H10N2.C12H9N.C5H5N/c1-2-12-13(16-8-1)6-5-10-3-4-11-7-9-17-15(11)14(10)12;1-2-4-11-9(3-1)5-6-10-7-8-13-12(10)11;1-2-4-6-5-3-1/h1-9,16H;1-8,13H;1-5H. The van der Waals surface area contributed by atoms with E-state index in [2.05, 4.69) is 98.8 Å². The summed E-state index contributed by atoms with van der Waals surface area (Å²) in [7, 11) is 0. The van der Waals surface area contributed by atoms with Gasteiger partial charge in [0.1, 0.15) is 0 Å². The molecule has 8 aromatic rings. The van der Waals surface area contributed by atoms with Gasteiger partial charge in [-0.2, -0.15) is 0 Å². The van der Waals surface area contributed by atoms with Crippen molar-refractivity contribution in [2.75, 3.05) is 0 Å². The van der Waals surface area contributed by atoms with E-state index in [1.54, 1.807) is 12.4 Å². The minimum Gasteiger partial charge on any atom is -0.361 e. The van der Waals surface area contributed by atoms with Crippen molar-refractivity contribution in [3.05, 3.63) is 134 Å². The van der Waals surface area contributed by atoms with Gasteiger partial charge in [-0.1, -0.05) is 66.7 Å². The molecule has 0 spiro atoms. The number of nitrogens with zero attached hydrogens (tertiary/aromatic N) is 2. The van der Waals surface area contributed by atoms with Gasteiger partial charge in [-0.3, -0.25) is 9.97 Å². The normalized spacial score (nSPS) is 10.8. The van der Waals surface area contributed by atoms with Gasteiger partial charge < -0.3 is 9.97 Å². The Labute approximate surface area is 208 Å². The van der Waals surface area contributed by atoms with Crippen molar-refractivity contribution in [2.45, 2.75) is 0 Å². The lowest BCUT2D eigenvalue weighted by Crippen LogP contribution is -1.81.